The third-order valence-electron chi connectivity index (χ3n) is 15.8. The average Bonchev–Trinajstić information content (AvgIpc) is 3.96. The molecule has 3 aromatic carbocycles. The molecule has 0 unspecified atom stereocenters. The lowest BCUT2D eigenvalue weighted by molar-refractivity contribution is -0.154. The first-order chi connectivity index (χ1) is 37.9. The number of carbonyl (C=O) groups excluding carboxylic acids is 4. The summed E-state index contributed by atoms with van der Waals surface area (Å²) >= 11 is 0. The average molecular weight is 1110 g/mol. The zero-order valence-electron chi connectivity index (χ0n) is 43.8. The Bertz CT molecular complexity index is 2800. The molecule has 8 rings (SSSR count). The van der Waals surface area contributed by atoms with Gasteiger partial charge >= 0.3 is 36.2 Å². The largest absolute Gasteiger partial charge is 0.460 e. The van der Waals surface area contributed by atoms with Crippen LogP contribution in [0.25, 0.3) is 21.9 Å². The van der Waals surface area contributed by atoms with E-state index >= 15 is 0 Å². The molecular weight excluding hydrogens is 1040 g/mol. The van der Waals surface area contributed by atoms with E-state index in [1.54, 1.807) is 30.6 Å². The summed E-state index contributed by atoms with van der Waals surface area (Å²) in [6.45, 7) is 4.93. The standard InChI is InChI=1S/C58H66F6N4O11/c1-35(57(59,60)61)53(69)75-31-29-73-44-20-15-39(16-21-44)37-7-11-41(12-8-37)55(71)77-46-24-25-47-43(33-46)19-26-50(52(47)65-27-28-66-67-34-51-68-48-5-3-4-6-49(48)78-51)79-56(72)42-13-9-38(10-14-42)40-17-22-45(23-18-40)74-30-32-76-54(70)36(2)58(62,63)64/h3-6,19,24-28,33-34,37-42,44-45,65-66H,1-2,7-18,20-23,29-32H2/b28-27+,67-34+. The monoisotopic (exact) mass is 1110 g/mol. The molecule has 4 aliphatic rings. The maximum atomic E-state index is 13.9. The summed E-state index contributed by atoms with van der Waals surface area (Å²) in [7, 11) is 0. The van der Waals surface area contributed by atoms with E-state index in [1.165, 1.54) is 6.21 Å². The van der Waals surface area contributed by atoms with Crippen LogP contribution in [0.15, 0.2) is 101 Å². The van der Waals surface area contributed by atoms with Crippen LogP contribution in [0, 0.1) is 35.5 Å². The van der Waals surface area contributed by atoms with E-state index in [1.807, 2.05) is 36.4 Å². The van der Waals surface area contributed by atoms with Crippen LogP contribution >= 0.6 is 0 Å². The van der Waals surface area contributed by atoms with Gasteiger partial charge in [-0.3, -0.25) is 15.0 Å². The van der Waals surface area contributed by atoms with E-state index in [4.69, 9.17) is 23.4 Å². The fourth-order valence-electron chi connectivity index (χ4n) is 11.4. The summed E-state index contributed by atoms with van der Waals surface area (Å²) in [5.41, 5.74) is 1.58. The third kappa shape index (κ3) is 16.2. The van der Waals surface area contributed by atoms with E-state index in [0.717, 1.165) is 82.4 Å². The van der Waals surface area contributed by atoms with Crippen LogP contribution in [-0.2, 0) is 38.1 Å². The topological polar surface area (TPSA) is 186 Å². The molecule has 4 aliphatic carbocycles. The molecule has 1 aromatic heterocycles. The molecule has 2 N–H and O–H groups in total. The third-order valence-corrected chi connectivity index (χ3v) is 15.8. The van der Waals surface area contributed by atoms with Gasteiger partial charge in [0.1, 0.15) is 41.8 Å². The molecule has 0 aliphatic heterocycles. The molecule has 4 aromatic rings. The van der Waals surface area contributed by atoms with Crippen LogP contribution in [0.3, 0.4) is 0 Å². The number of aromatic nitrogens is 1. The molecule has 4 saturated carbocycles. The lowest BCUT2D eigenvalue weighted by atomic mass is 9.70. The van der Waals surface area contributed by atoms with Crippen molar-refractivity contribution in [3.8, 4) is 11.5 Å². The molecule has 0 amide bonds. The predicted octanol–water partition coefficient (Wildman–Crippen LogP) is 12.4. The van der Waals surface area contributed by atoms with E-state index in [2.05, 4.69) is 43.5 Å². The summed E-state index contributed by atoms with van der Waals surface area (Å²) in [5, 5.41) is 8.88. The van der Waals surface area contributed by atoms with Crippen molar-refractivity contribution in [2.45, 2.75) is 127 Å². The van der Waals surface area contributed by atoms with E-state index in [9.17, 15) is 45.5 Å². The van der Waals surface area contributed by atoms with Gasteiger partial charge < -0.3 is 38.2 Å². The van der Waals surface area contributed by atoms with Gasteiger partial charge in [0.05, 0.1) is 42.9 Å². The van der Waals surface area contributed by atoms with Crippen molar-refractivity contribution in [2.75, 3.05) is 31.7 Å². The second kappa shape index (κ2) is 26.9. The van der Waals surface area contributed by atoms with Crippen molar-refractivity contribution in [3.05, 3.63) is 97.2 Å². The van der Waals surface area contributed by atoms with E-state index in [-0.39, 0.29) is 62.4 Å². The molecule has 0 atom stereocenters. The molecule has 0 radical (unpaired) electrons. The van der Waals surface area contributed by atoms with Gasteiger partial charge in [-0.2, -0.15) is 31.4 Å². The van der Waals surface area contributed by atoms with Crippen LogP contribution in [0.1, 0.15) is 109 Å². The van der Waals surface area contributed by atoms with Crippen LogP contribution in [0.2, 0.25) is 0 Å². The highest BCUT2D eigenvalue weighted by Crippen LogP contribution is 2.44. The van der Waals surface area contributed by atoms with Crippen LogP contribution < -0.4 is 20.2 Å². The molecular formula is C58H66F6N4O11. The van der Waals surface area contributed by atoms with Crippen molar-refractivity contribution in [1.29, 1.82) is 0 Å². The number of hydrazone groups is 1. The quantitative estimate of drug-likeness (QED) is 0.0153. The number of halogens is 6. The number of nitrogens with zero attached hydrogens (tertiary/aromatic N) is 2. The van der Waals surface area contributed by atoms with Gasteiger partial charge in [0.15, 0.2) is 11.3 Å². The number of oxazole rings is 1. The van der Waals surface area contributed by atoms with Crippen molar-refractivity contribution in [1.82, 2.24) is 10.4 Å². The molecule has 4 fully saturated rings. The number of nitrogens with one attached hydrogen (secondary N) is 2. The van der Waals surface area contributed by atoms with Crippen molar-refractivity contribution in [2.24, 2.45) is 40.6 Å². The van der Waals surface area contributed by atoms with E-state index in [0.29, 0.717) is 88.9 Å². The Morgan fingerprint density at radius 2 is 1.13 bits per heavy atom. The zero-order valence-corrected chi connectivity index (χ0v) is 43.8. The molecule has 0 spiro atoms. The van der Waals surface area contributed by atoms with Crippen molar-refractivity contribution >= 4 is 57.7 Å². The highest BCUT2D eigenvalue weighted by Gasteiger charge is 2.40. The highest BCUT2D eigenvalue weighted by molar-refractivity contribution is 5.99. The number of alkyl halides is 6. The Labute approximate surface area is 453 Å². The lowest BCUT2D eigenvalue weighted by Crippen LogP contribution is -2.32. The minimum absolute atomic E-state index is 0.00209. The Balaban J connectivity index is 0.815. The number of hydrogen-bond acceptors (Lipinski definition) is 15. The van der Waals surface area contributed by atoms with Gasteiger partial charge in [0.25, 0.3) is 0 Å². The number of esters is 4. The first kappa shape index (κ1) is 58.4. The number of para-hydroxylation sites is 2. The van der Waals surface area contributed by atoms with Crippen LogP contribution in [0.4, 0.5) is 32.0 Å². The maximum absolute atomic E-state index is 13.9. The summed E-state index contributed by atoms with van der Waals surface area (Å²) in [6, 6.07) is 16.2. The molecule has 21 heteroatoms. The Hall–Kier alpha value is -6.74. The summed E-state index contributed by atoms with van der Waals surface area (Å²) in [6.07, 6.45) is 7.89. The number of benzene rings is 3. The normalized spacial score (nSPS) is 24.0. The first-order valence-corrected chi connectivity index (χ1v) is 27.0. The number of rotatable bonds is 21. The molecule has 15 nitrogen and oxygen atoms in total. The highest BCUT2D eigenvalue weighted by atomic mass is 19.4. The smallest absolute Gasteiger partial charge is 0.422 e. The number of ether oxygens (including phenoxy) is 6. The molecule has 79 heavy (non-hydrogen) atoms. The number of carbonyl (C=O) groups is 4. The first-order valence-electron chi connectivity index (χ1n) is 27.0. The van der Waals surface area contributed by atoms with Crippen molar-refractivity contribution in [3.63, 3.8) is 0 Å². The Kier molecular flexibility index (Phi) is 19.9. The van der Waals surface area contributed by atoms with Gasteiger partial charge in [-0.1, -0.05) is 31.4 Å². The van der Waals surface area contributed by atoms with Gasteiger partial charge in [-0.05, 0) is 168 Å². The fourth-order valence-corrected chi connectivity index (χ4v) is 11.4. The Morgan fingerprint density at radius 1 is 0.620 bits per heavy atom. The lowest BCUT2D eigenvalue weighted by Gasteiger charge is -2.37. The number of hydrogen-bond donors (Lipinski definition) is 2. The van der Waals surface area contributed by atoms with Crippen LogP contribution in [0.5, 0.6) is 11.5 Å². The summed E-state index contributed by atoms with van der Waals surface area (Å²) in [4.78, 5) is 55.0. The number of fused-ring (bicyclic) bond motifs is 2. The maximum Gasteiger partial charge on any atom is 0.422 e. The second-order valence-corrected chi connectivity index (χ2v) is 20.8. The Morgan fingerprint density at radius 3 is 1.65 bits per heavy atom. The van der Waals surface area contributed by atoms with Gasteiger partial charge in [-0.15, -0.1) is 0 Å². The minimum Gasteiger partial charge on any atom is -0.460 e. The van der Waals surface area contributed by atoms with Gasteiger partial charge in [0, 0.05) is 17.8 Å². The van der Waals surface area contributed by atoms with Gasteiger partial charge in [0.2, 0.25) is 5.89 Å². The van der Waals surface area contributed by atoms with Crippen LogP contribution in [-0.4, -0.2) is 86.1 Å². The van der Waals surface area contributed by atoms with E-state index < -0.39 is 35.4 Å². The number of anilines is 1. The molecule has 0 bridgehead atoms. The molecule has 0 saturated heterocycles. The van der Waals surface area contributed by atoms with Gasteiger partial charge in [-0.25, -0.2) is 14.6 Å². The summed E-state index contributed by atoms with van der Waals surface area (Å²) in [5.74, 6) is -1.35. The predicted molar refractivity (Wildman–Crippen MR) is 279 cm³/mol. The zero-order chi connectivity index (χ0) is 56.1. The SMILES string of the molecule is C=C(C(=O)OCCOC1CCC(C2CCC(C(=O)Oc3ccc4c(N/C=C/N/N=C/c5nc6ccccc6o5)c(OC(=O)C5CCC(C6CCC(OCCOC(=O)C(=C)C(F)(F)F)CC6)CC5)ccc4c3)CC2)CC1)C(F)(F)F. The molecule has 426 valence electrons. The van der Waals surface area contributed by atoms with Crippen molar-refractivity contribution < 1.29 is 78.4 Å². The fraction of sp³-hybridized carbons (Fsp3) is 0.517. The summed E-state index contributed by atoms with van der Waals surface area (Å²) < 4.78 is 115. The minimum atomic E-state index is -4.84. The second-order valence-electron chi connectivity index (χ2n) is 20.8. The molecule has 1 heterocycles.